The highest BCUT2D eigenvalue weighted by atomic mass is 16.2. The van der Waals surface area contributed by atoms with Crippen molar-refractivity contribution < 1.29 is 4.79 Å². The zero-order valence-corrected chi connectivity index (χ0v) is 10.7. The van der Waals surface area contributed by atoms with E-state index in [1.807, 2.05) is 9.47 Å². The molecule has 1 fully saturated rings. The third-order valence-electron chi connectivity index (χ3n) is 4.25. The lowest BCUT2D eigenvalue weighted by Crippen LogP contribution is -2.55. The molecule has 98 valence electrons. The number of hydrogen-bond acceptors (Lipinski definition) is 4. The average molecular weight is 249 g/mol. The first-order valence-electron chi connectivity index (χ1n) is 6.51. The summed E-state index contributed by atoms with van der Waals surface area (Å²) in [7, 11) is 0. The predicted molar refractivity (Wildman–Crippen MR) is 65.3 cm³/mol. The second kappa shape index (κ2) is 4.05. The van der Waals surface area contributed by atoms with Crippen molar-refractivity contribution in [1.82, 2.24) is 19.7 Å². The summed E-state index contributed by atoms with van der Waals surface area (Å²) in [6.45, 7) is 4.71. The smallest absolute Gasteiger partial charge is 0.230 e. The normalized spacial score (nSPS) is 30.8. The Balaban J connectivity index is 1.75. The van der Waals surface area contributed by atoms with Crippen LogP contribution in [0.3, 0.4) is 0 Å². The van der Waals surface area contributed by atoms with Gasteiger partial charge in [-0.1, -0.05) is 6.92 Å². The Kier molecular flexibility index (Phi) is 2.62. The lowest BCUT2D eigenvalue weighted by atomic mass is 9.62. The summed E-state index contributed by atoms with van der Waals surface area (Å²) in [5, 5.41) is 7.92. The van der Waals surface area contributed by atoms with E-state index >= 15 is 0 Å². The van der Waals surface area contributed by atoms with Gasteiger partial charge in [0.1, 0.15) is 6.33 Å². The van der Waals surface area contributed by atoms with Gasteiger partial charge < -0.3 is 15.2 Å². The molecule has 0 bridgehead atoms. The Hall–Kier alpha value is -1.43. The van der Waals surface area contributed by atoms with Crippen LogP contribution >= 0.6 is 0 Å². The van der Waals surface area contributed by atoms with Gasteiger partial charge in [-0.05, 0) is 18.8 Å². The minimum absolute atomic E-state index is 0.206. The van der Waals surface area contributed by atoms with Crippen LogP contribution in [0.5, 0.6) is 0 Å². The lowest BCUT2D eigenvalue weighted by molar-refractivity contribution is -0.151. The number of carbonyl (C=O) groups excluding carboxylic acids is 1. The van der Waals surface area contributed by atoms with Crippen molar-refractivity contribution in [2.45, 2.75) is 32.9 Å². The summed E-state index contributed by atoms with van der Waals surface area (Å²) in [4.78, 5) is 14.5. The van der Waals surface area contributed by atoms with Crippen molar-refractivity contribution in [3.05, 3.63) is 12.2 Å². The molecule has 1 aromatic heterocycles. The van der Waals surface area contributed by atoms with Gasteiger partial charge in [0, 0.05) is 19.6 Å². The molecule has 1 aliphatic carbocycles. The van der Waals surface area contributed by atoms with Crippen molar-refractivity contribution in [1.29, 1.82) is 0 Å². The molecule has 1 aromatic rings. The van der Waals surface area contributed by atoms with Gasteiger partial charge in [0.15, 0.2) is 5.82 Å². The van der Waals surface area contributed by atoms with Crippen LogP contribution in [-0.2, 0) is 17.9 Å². The Morgan fingerprint density at radius 3 is 3.00 bits per heavy atom. The van der Waals surface area contributed by atoms with Crippen molar-refractivity contribution in [2.24, 2.45) is 17.1 Å². The number of nitrogens with zero attached hydrogens (tertiary/aromatic N) is 4. The highest BCUT2D eigenvalue weighted by Gasteiger charge is 2.49. The maximum absolute atomic E-state index is 12.6. The Morgan fingerprint density at radius 1 is 1.56 bits per heavy atom. The Labute approximate surface area is 106 Å². The Bertz CT molecular complexity index is 463. The fourth-order valence-corrected chi connectivity index (χ4v) is 3.28. The number of carbonyl (C=O) groups is 1. The molecule has 18 heavy (non-hydrogen) atoms. The van der Waals surface area contributed by atoms with E-state index in [9.17, 15) is 4.79 Å². The molecule has 2 heterocycles. The van der Waals surface area contributed by atoms with E-state index in [4.69, 9.17) is 5.73 Å². The van der Waals surface area contributed by atoms with E-state index in [2.05, 4.69) is 17.1 Å². The number of rotatable bonds is 2. The second-order valence-corrected chi connectivity index (χ2v) is 5.67. The van der Waals surface area contributed by atoms with Crippen LogP contribution in [0.2, 0.25) is 0 Å². The van der Waals surface area contributed by atoms with Crippen LogP contribution in [0.15, 0.2) is 6.33 Å². The molecule has 2 N–H and O–H groups in total. The highest BCUT2D eigenvalue weighted by Crippen LogP contribution is 2.46. The van der Waals surface area contributed by atoms with Crippen molar-refractivity contribution in [3.8, 4) is 0 Å². The number of hydrogen-bond donors (Lipinski definition) is 1. The lowest BCUT2D eigenvalue weighted by Gasteiger charge is -2.47. The van der Waals surface area contributed by atoms with Gasteiger partial charge in [-0.15, -0.1) is 10.2 Å². The highest BCUT2D eigenvalue weighted by molar-refractivity contribution is 5.84. The number of amides is 1. The molecule has 6 nitrogen and oxygen atoms in total. The van der Waals surface area contributed by atoms with E-state index in [1.54, 1.807) is 6.33 Å². The predicted octanol–water partition coefficient (Wildman–Crippen LogP) is -0.00470. The van der Waals surface area contributed by atoms with Gasteiger partial charge >= 0.3 is 0 Å². The molecular formula is C12H19N5O. The third-order valence-corrected chi connectivity index (χ3v) is 4.25. The molecule has 0 aromatic carbocycles. The minimum Gasteiger partial charge on any atom is -0.333 e. The largest absolute Gasteiger partial charge is 0.333 e. The number of nitrogens with two attached hydrogens (primary N) is 1. The van der Waals surface area contributed by atoms with Gasteiger partial charge in [0.25, 0.3) is 0 Å². The average Bonchev–Trinajstić information content (AvgIpc) is 2.80. The van der Waals surface area contributed by atoms with E-state index in [0.717, 1.165) is 31.8 Å². The summed E-state index contributed by atoms with van der Waals surface area (Å²) in [6.07, 6.45) is 3.57. The summed E-state index contributed by atoms with van der Waals surface area (Å²) in [6, 6.07) is 0. The quantitative estimate of drug-likeness (QED) is 0.800. The first-order valence-corrected chi connectivity index (χ1v) is 6.51. The van der Waals surface area contributed by atoms with Gasteiger partial charge in [-0.25, -0.2) is 0 Å². The van der Waals surface area contributed by atoms with Gasteiger partial charge in [-0.3, -0.25) is 4.79 Å². The van der Waals surface area contributed by atoms with Crippen LogP contribution in [-0.4, -0.2) is 38.7 Å². The van der Waals surface area contributed by atoms with Gasteiger partial charge in [0.05, 0.1) is 12.0 Å². The molecule has 0 saturated heterocycles. The van der Waals surface area contributed by atoms with Gasteiger partial charge in [0.2, 0.25) is 5.91 Å². The van der Waals surface area contributed by atoms with E-state index < -0.39 is 0 Å². The van der Waals surface area contributed by atoms with Crippen LogP contribution in [0.1, 0.15) is 25.6 Å². The maximum Gasteiger partial charge on any atom is 0.230 e. The molecule has 6 heteroatoms. The Morgan fingerprint density at radius 2 is 2.33 bits per heavy atom. The zero-order valence-electron chi connectivity index (χ0n) is 10.7. The molecule has 1 aliphatic heterocycles. The molecule has 2 aliphatic rings. The summed E-state index contributed by atoms with van der Waals surface area (Å²) < 4.78 is 2.00. The first kappa shape index (κ1) is 11.6. The van der Waals surface area contributed by atoms with E-state index in [1.165, 1.54) is 0 Å². The van der Waals surface area contributed by atoms with Gasteiger partial charge in [-0.2, -0.15) is 0 Å². The maximum atomic E-state index is 12.6. The van der Waals surface area contributed by atoms with E-state index in [0.29, 0.717) is 19.0 Å². The second-order valence-electron chi connectivity index (χ2n) is 5.67. The summed E-state index contributed by atoms with van der Waals surface area (Å²) in [5.41, 5.74) is 5.53. The first-order chi connectivity index (χ1) is 8.64. The molecule has 1 saturated carbocycles. The topological polar surface area (TPSA) is 77.0 Å². The van der Waals surface area contributed by atoms with E-state index in [-0.39, 0.29) is 11.3 Å². The van der Waals surface area contributed by atoms with Crippen molar-refractivity contribution in [3.63, 3.8) is 0 Å². The fourth-order valence-electron chi connectivity index (χ4n) is 3.28. The standard InChI is InChI=1S/C12H19N5O/c1-9-4-12(5-9,7-13)11(18)16-2-3-17-8-14-15-10(17)6-16/h8-9H,2-7,13H2,1H3. The minimum atomic E-state index is -0.304. The summed E-state index contributed by atoms with van der Waals surface area (Å²) in [5.74, 6) is 1.69. The number of fused-ring (bicyclic) bond motifs is 1. The zero-order chi connectivity index (χ0) is 12.8. The molecule has 3 rings (SSSR count). The fraction of sp³-hybridized carbons (Fsp3) is 0.750. The molecule has 0 unspecified atom stereocenters. The number of aromatic nitrogens is 3. The van der Waals surface area contributed by atoms with Crippen molar-refractivity contribution >= 4 is 5.91 Å². The summed E-state index contributed by atoms with van der Waals surface area (Å²) >= 11 is 0. The SMILES string of the molecule is CC1CC(CN)(C(=O)N2CCn3cnnc3C2)C1. The van der Waals surface area contributed by atoms with Crippen LogP contribution in [0.4, 0.5) is 0 Å². The molecular weight excluding hydrogens is 230 g/mol. The van der Waals surface area contributed by atoms with Crippen LogP contribution in [0, 0.1) is 11.3 Å². The van der Waals surface area contributed by atoms with Crippen LogP contribution in [0.25, 0.3) is 0 Å². The molecule has 0 radical (unpaired) electrons. The molecule has 0 atom stereocenters. The molecule has 1 amide bonds. The third kappa shape index (κ3) is 1.63. The van der Waals surface area contributed by atoms with Crippen LogP contribution < -0.4 is 5.73 Å². The monoisotopic (exact) mass is 249 g/mol. The van der Waals surface area contributed by atoms with Crippen molar-refractivity contribution in [2.75, 3.05) is 13.1 Å². The molecule has 0 spiro atoms.